The first-order valence-electron chi connectivity index (χ1n) is 7.37. The van der Waals surface area contributed by atoms with Crippen molar-refractivity contribution in [3.63, 3.8) is 0 Å². The van der Waals surface area contributed by atoms with Crippen LogP contribution in [0, 0.1) is 18.3 Å². The third-order valence-corrected chi connectivity index (χ3v) is 5.69. The average Bonchev–Trinajstić information content (AvgIpc) is 3.16. The number of ether oxygens (including phenoxy) is 1. The zero-order chi connectivity index (χ0) is 16.9. The maximum absolute atomic E-state index is 12.0. The van der Waals surface area contributed by atoms with Gasteiger partial charge >= 0.3 is 0 Å². The van der Waals surface area contributed by atoms with E-state index in [0.717, 1.165) is 34.2 Å². The topological polar surface area (TPSA) is 75.0 Å². The SMILES string of the molecule is Cc1nc(NC(=O)/C=C/c2ccc3c(c2)CCO3)sc1SCC#N. The largest absolute Gasteiger partial charge is 0.493 e. The summed E-state index contributed by atoms with van der Waals surface area (Å²) in [5.41, 5.74) is 2.97. The number of nitrogens with zero attached hydrogens (tertiary/aromatic N) is 2. The molecule has 24 heavy (non-hydrogen) atoms. The fourth-order valence-electron chi connectivity index (χ4n) is 2.30. The van der Waals surface area contributed by atoms with Gasteiger partial charge in [-0.05, 0) is 36.3 Å². The maximum atomic E-state index is 12.0. The van der Waals surface area contributed by atoms with Crippen molar-refractivity contribution in [1.82, 2.24) is 4.98 Å². The zero-order valence-electron chi connectivity index (χ0n) is 13.0. The number of nitriles is 1. The number of hydrogen-bond acceptors (Lipinski definition) is 6. The number of rotatable bonds is 5. The minimum Gasteiger partial charge on any atom is -0.493 e. The molecule has 1 aromatic heterocycles. The number of aromatic nitrogens is 1. The van der Waals surface area contributed by atoms with Gasteiger partial charge in [0.2, 0.25) is 5.91 Å². The molecule has 5 nitrogen and oxygen atoms in total. The predicted molar refractivity (Wildman–Crippen MR) is 96.5 cm³/mol. The third kappa shape index (κ3) is 3.96. The Bertz CT molecular complexity index is 837. The molecule has 122 valence electrons. The summed E-state index contributed by atoms with van der Waals surface area (Å²) < 4.78 is 6.42. The first-order chi connectivity index (χ1) is 11.7. The molecule has 1 aliphatic rings. The number of fused-ring (bicyclic) bond motifs is 1. The molecule has 1 aliphatic heterocycles. The van der Waals surface area contributed by atoms with E-state index in [9.17, 15) is 4.79 Å². The van der Waals surface area contributed by atoms with Gasteiger partial charge in [-0.1, -0.05) is 29.2 Å². The van der Waals surface area contributed by atoms with E-state index in [1.165, 1.54) is 34.7 Å². The van der Waals surface area contributed by atoms with Crippen LogP contribution >= 0.6 is 23.1 Å². The van der Waals surface area contributed by atoms with Crippen LogP contribution in [-0.2, 0) is 11.2 Å². The highest BCUT2D eigenvalue weighted by atomic mass is 32.2. The van der Waals surface area contributed by atoms with Crippen LogP contribution in [0.15, 0.2) is 28.5 Å². The number of carbonyl (C=O) groups excluding carboxylic acids is 1. The van der Waals surface area contributed by atoms with Gasteiger partial charge in [0, 0.05) is 12.5 Å². The van der Waals surface area contributed by atoms with Gasteiger partial charge in [0.25, 0.3) is 0 Å². The van der Waals surface area contributed by atoms with Gasteiger partial charge in [-0.15, -0.1) is 0 Å². The Morgan fingerprint density at radius 2 is 2.46 bits per heavy atom. The molecule has 0 radical (unpaired) electrons. The lowest BCUT2D eigenvalue weighted by molar-refractivity contribution is -0.111. The van der Waals surface area contributed by atoms with Crippen molar-refractivity contribution in [1.29, 1.82) is 5.26 Å². The van der Waals surface area contributed by atoms with E-state index >= 15 is 0 Å². The number of anilines is 1. The lowest BCUT2D eigenvalue weighted by Crippen LogP contribution is -2.07. The van der Waals surface area contributed by atoms with Crippen molar-refractivity contribution >= 4 is 40.2 Å². The fraction of sp³-hybridized carbons (Fsp3) is 0.235. The predicted octanol–water partition coefficient (Wildman–Crippen LogP) is 3.65. The number of nitrogens with one attached hydrogen (secondary N) is 1. The fourth-order valence-corrected chi connectivity index (χ4v) is 4.10. The first kappa shape index (κ1) is 16.6. The molecule has 1 N–H and O–H groups in total. The Morgan fingerprint density at radius 3 is 3.29 bits per heavy atom. The van der Waals surface area contributed by atoms with Gasteiger partial charge in [-0.2, -0.15) is 5.26 Å². The number of carbonyl (C=O) groups is 1. The quantitative estimate of drug-likeness (QED) is 0.653. The molecule has 0 spiro atoms. The van der Waals surface area contributed by atoms with Crippen LogP contribution in [0.1, 0.15) is 16.8 Å². The molecule has 0 fully saturated rings. The van der Waals surface area contributed by atoms with Crippen LogP contribution in [0.4, 0.5) is 5.13 Å². The summed E-state index contributed by atoms with van der Waals surface area (Å²) in [6, 6.07) is 7.98. The highest BCUT2D eigenvalue weighted by Crippen LogP contribution is 2.31. The molecule has 0 bridgehead atoms. The van der Waals surface area contributed by atoms with Gasteiger partial charge < -0.3 is 4.74 Å². The first-order valence-corrected chi connectivity index (χ1v) is 9.18. The van der Waals surface area contributed by atoms with E-state index in [1.54, 1.807) is 6.08 Å². The second-order valence-corrected chi connectivity index (χ2v) is 7.37. The number of thiazole rings is 1. The summed E-state index contributed by atoms with van der Waals surface area (Å²) in [7, 11) is 0. The summed E-state index contributed by atoms with van der Waals surface area (Å²) >= 11 is 2.81. The van der Waals surface area contributed by atoms with Crippen LogP contribution in [0.25, 0.3) is 6.08 Å². The normalized spacial score (nSPS) is 12.7. The number of benzene rings is 1. The molecular formula is C17H15N3O2S2. The van der Waals surface area contributed by atoms with Gasteiger partial charge in [-0.3, -0.25) is 10.1 Å². The van der Waals surface area contributed by atoms with E-state index in [2.05, 4.69) is 16.4 Å². The molecule has 0 saturated heterocycles. The van der Waals surface area contributed by atoms with Crippen LogP contribution < -0.4 is 10.1 Å². The van der Waals surface area contributed by atoms with Gasteiger partial charge in [0.15, 0.2) is 5.13 Å². The molecule has 0 saturated carbocycles. The van der Waals surface area contributed by atoms with Crippen molar-refractivity contribution in [2.24, 2.45) is 0 Å². The molecular weight excluding hydrogens is 342 g/mol. The minimum atomic E-state index is -0.225. The smallest absolute Gasteiger partial charge is 0.250 e. The summed E-state index contributed by atoms with van der Waals surface area (Å²) in [4.78, 5) is 16.4. The van der Waals surface area contributed by atoms with Crippen LogP contribution in [0.5, 0.6) is 5.75 Å². The Kier molecular flexibility index (Phi) is 5.18. The highest BCUT2D eigenvalue weighted by molar-refractivity contribution is 8.01. The molecule has 0 atom stereocenters. The van der Waals surface area contributed by atoms with Crippen LogP contribution in [0.3, 0.4) is 0 Å². The molecule has 2 heterocycles. The van der Waals surface area contributed by atoms with Crippen molar-refractivity contribution in [3.8, 4) is 11.8 Å². The number of hydrogen-bond donors (Lipinski definition) is 1. The standard InChI is InChI=1S/C17H15N3O2S2/c1-11-16(23-9-7-18)24-17(19-11)20-15(21)5-3-12-2-4-14-13(10-12)6-8-22-14/h2-5,10H,6,8-9H2,1H3,(H,19,20,21)/b5-3+. The van der Waals surface area contributed by atoms with Gasteiger partial charge in [0.1, 0.15) is 5.75 Å². The van der Waals surface area contributed by atoms with Crippen molar-refractivity contribution in [2.75, 3.05) is 17.7 Å². The number of thioether (sulfide) groups is 1. The number of aryl methyl sites for hydroxylation is 1. The lowest BCUT2D eigenvalue weighted by atomic mass is 10.1. The van der Waals surface area contributed by atoms with Crippen molar-refractivity contribution in [3.05, 3.63) is 41.1 Å². The Hall–Kier alpha value is -2.30. The van der Waals surface area contributed by atoms with E-state index in [1.807, 2.05) is 25.1 Å². The lowest BCUT2D eigenvalue weighted by Gasteiger charge is -2.00. The minimum absolute atomic E-state index is 0.225. The van der Waals surface area contributed by atoms with Crippen molar-refractivity contribution in [2.45, 2.75) is 17.6 Å². The molecule has 1 aromatic carbocycles. The maximum Gasteiger partial charge on any atom is 0.250 e. The summed E-state index contributed by atoms with van der Waals surface area (Å²) in [6.45, 7) is 2.59. The van der Waals surface area contributed by atoms with E-state index in [0.29, 0.717) is 10.9 Å². The third-order valence-electron chi connectivity index (χ3n) is 3.39. The molecule has 7 heteroatoms. The summed E-state index contributed by atoms with van der Waals surface area (Å²) in [6.07, 6.45) is 4.18. The van der Waals surface area contributed by atoms with E-state index in [-0.39, 0.29) is 5.91 Å². The van der Waals surface area contributed by atoms with E-state index in [4.69, 9.17) is 10.00 Å². The Labute approximate surface area is 148 Å². The van der Waals surface area contributed by atoms with E-state index < -0.39 is 0 Å². The van der Waals surface area contributed by atoms with Gasteiger partial charge in [0.05, 0.1) is 28.3 Å². The molecule has 2 aromatic rings. The molecule has 0 aliphatic carbocycles. The summed E-state index contributed by atoms with van der Waals surface area (Å²) in [5, 5.41) is 11.9. The second-order valence-electron chi connectivity index (χ2n) is 5.13. The Balaban J connectivity index is 1.62. The Morgan fingerprint density at radius 1 is 1.58 bits per heavy atom. The van der Waals surface area contributed by atoms with Crippen LogP contribution in [-0.4, -0.2) is 23.3 Å². The monoisotopic (exact) mass is 357 g/mol. The molecule has 0 unspecified atom stereocenters. The molecule has 1 amide bonds. The van der Waals surface area contributed by atoms with Crippen molar-refractivity contribution < 1.29 is 9.53 Å². The average molecular weight is 357 g/mol. The highest BCUT2D eigenvalue weighted by Gasteiger charge is 2.12. The van der Waals surface area contributed by atoms with Gasteiger partial charge in [-0.25, -0.2) is 4.98 Å². The number of amides is 1. The molecule has 3 rings (SSSR count). The zero-order valence-corrected chi connectivity index (χ0v) is 14.7. The second kappa shape index (κ2) is 7.51. The van der Waals surface area contributed by atoms with Crippen LogP contribution in [0.2, 0.25) is 0 Å². The summed E-state index contributed by atoms with van der Waals surface area (Å²) in [5.74, 6) is 1.08.